The number of hydrogen-bond donors (Lipinski definition) is 0. The third kappa shape index (κ3) is 3.03. The van der Waals surface area contributed by atoms with E-state index in [1.807, 2.05) is 6.92 Å². The minimum absolute atomic E-state index is 0.0973. The summed E-state index contributed by atoms with van der Waals surface area (Å²) in [6.07, 6.45) is 0.613. The van der Waals surface area contributed by atoms with E-state index < -0.39 is 0 Å². The van der Waals surface area contributed by atoms with Crippen LogP contribution in [0.3, 0.4) is 0 Å². The summed E-state index contributed by atoms with van der Waals surface area (Å²) in [5, 5.41) is 0.0973. The summed E-state index contributed by atoms with van der Waals surface area (Å²) in [5.41, 5.74) is 0.720. The number of hydrogen-bond acceptors (Lipinski definition) is 4. The molecule has 4 nitrogen and oxygen atoms in total. The Hall–Kier alpha value is -2.01. The topological polar surface area (TPSA) is 46.1 Å². The molecule has 0 saturated heterocycles. The zero-order valence-corrected chi connectivity index (χ0v) is 12.7. The molecule has 1 atom stereocenters. The Morgan fingerprint density at radius 1 is 1.33 bits per heavy atom. The van der Waals surface area contributed by atoms with Crippen LogP contribution in [0.25, 0.3) is 0 Å². The van der Waals surface area contributed by atoms with Gasteiger partial charge in [0.1, 0.15) is 22.6 Å². The molecule has 0 saturated carbocycles. The van der Waals surface area contributed by atoms with Crippen molar-refractivity contribution in [1.29, 1.82) is 0 Å². The van der Waals surface area contributed by atoms with Crippen molar-refractivity contribution in [2.45, 2.75) is 19.9 Å². The molecule has 2 aromatic rings. The number of carbonyl (C=O) groups is 1. The van der Waals surface area contributed by atoms with Crippen molar-refractivity contribution < 1.29 is 9.18 Å². The van der Waals surface area contributed by atoms with Gasteiger partial charge in [0, 0.05) is 12.6 Å². The number of carbonyl (C=O) groups excluding carboxylic acids is 1. The van der Waals surface area contributed by atoms with Crippen molar-refractivity contribution in [1.82, 2.24) is 9.97 Å². The number of rotatable bonds is 4. The van der Waals surface area contributed by atoms with Crippen LogP contribution in [0.5, 0.6) is 0 Å². The predicted octanol–water partition coefficient (Wildman–Crippen LogP) is 3.59. The number of halogens is 2. The molecule has 0 amide bonds. The van der Waals surface area contributed by atoms with E-state index in [1.165, 1.54) is 6.07 Å². The molecule has 0 bridgehead atoms. The van der Waals surface area contributed by atoms with E-state index in [4.69, 9.17) is 11.6 Å². The van der Waals surface area contributed by atoms with Gasteiger partial charge in [0.15, 0.2) is 6.29 Å². The van der Waals surface area contributed by atoms with Gasteiger partial charge < -0.3 is 4.90 Å². The first-order valence-electron chi connectivity index (χ1n) is 6.42. The molecule has 0 aliphatic heterocycles. The fourth-order valence-corrected chi connectivity index (χ4v) is 2.36. The van der Waals surface area contributed by atoms with E-state index in [-0.39, 0.29) is 22.6 Å². The van der Waals surface area contributed by atoms with E-state index in [2.05, 4.69) is 9.97 Å². The fourth-order valence-electron chi connectivity index (χ4n) is 2.11. The van der Waals surface area contributed by atoms with Gasteiger partial charge in [-0.2, -0.15) is 0 Å². The molecule has 0 N–H and O–H groups in total. The Kier molecular flexibility index (Phi) is 4.53. The quantitative estimate of drug-likeness (QED) is 0.640. The van der Waals surface area contributed by atoms with Crippen LogP contribution >= 0.6 is 11.6 Å². The van der Waals surface area contributed by atoms with Gasteiger partial charge in [0.05, 0.1) is 11.6 Å². The number of aryl methyl sites for hydroxylation is 1. The van der Waals surface area contributed by atoms with Crippen LogP contribution in [0.4, 0.5) is 10.2 Å². The van der Waals surface area contributed by atoms with Gasteiger partial charge in [-0.15, -0.1) is 0 Å². The first-order valence-corrected chi connectivity index (χ1v) is 6.80. The maximum Gasteiger partial charge on any atom is 0.156 e. The Labute approximate surface area is 127 Å². The van der Waals surface area contributed by atoms with Crippen molar-refractivity contribution in [3.8, 4) is 0 Å². The average Bonchev–Trinajstić information content (AvgIpc) is 2.45. The summed E-state index contributed by atoms with van der Waals surface area (Å²) in [6.45, 7) is 3.52. The third-order valence-corrected chi connectivity index (χ3v) is 3.67. The van der Waals surface area contributed by atoms with Gasteiger partial charge in [-0.3, -0.25) is 4.79 Å². The van der Waals surface area contributed by atoms with Crippen LogP contribution in [-0.4, -0.2) is 23.3 Å². The van der Waals surface area contributed by atoms with Crippen molar-refractivity contribution in [3.63, 3.8) is 0 Å². The molecule has 0 aliphatic rings. The van der Waals surface area contributed by atoms with Gasteiger partial charge in [-0.1, -0.05) is 29.8 Å². The molecule has 110 valence electrons. The molecule has 1 aromatic carbocycles. The average molecular weight is 308 g/mol. The number of anilines is 1. The lowest BCUT2D eigenvalue weighted by molar-refractivity contribution is 0.112. The smallest absolute Gasteiger partial charge is 0.156 e. The van der Waals surface area contributed by atoms with E-state index in [0.29, 0.717) is 23.5 Å². The minimum atomic E-state index is -0.310. The van der Waals surface area contributed by atoms with Gasteiger partial charge in [-0.25, -0.2) is 14.4 Å². The van der Waals surface area contributed by atoms with Gasteiger partial charge in [-0.05, 0) is 19.9 Å². The molecule has 6 heteroatoms. The Morgan fingerprint density at radius 3 is 2.62 bits per heavy atom. The third-order valence-electron chi connectivity index (χ3n) is 3.38. The van der Waals surface area contributed by atoms with Crippen LogP contribution in [0, 0.1) is 12.7 Å². The van der Waals surface area contributed by atoms with Gasteiger partial charge in [0.2, 0.25) is 0 Å². The van der Waals surface area contributed by atoms with Crippen LogP contribution in [-0.2, 0) is 0 Å². The highest BCUT2D eigenvalue weighted by Gasteiger charge is 2.21. The summed E-state index contributed by atoms with van der Waals surface area (Å²) in [6, 6.07) is 6.19. The molecule has 0 aliphatic carbocycles. The van der Waals surface area contributed by atoms with Gasteiger partial charge in [0.25, 0.3) is 0 Å². The largest absolute Gasteiger partial charge is 0.352 e. The lowest BCUT2D eigenvalue weighted by atomic mass is 10.1. The highest BCUT2D eigenvalue weighted by atomic mass is 35.5. The Balaban J connectivity index is 2.47. The molecule has 0 radical (unpaired) electrons. The molecule has 1 unspecified atom stereocenters. The van der Waals surface area contributed by atoms with Crippen molar-refractivity contribution in [2.24, 2.45) is 0 Å². The highest BCUT2D eigenvalue weighted by molar-refractivity contribution is 6.32. The number of aromatic nitrogens is 2. The summed E-state index contributed by atoms with van der Waals surface area (Å²) < 4.78 is 13.9. The number of aldehydes is 1. The second-order valence-electron chi connectivity index (χ2n) is 4.73. The molecular weight excluding hydrogens is 293 g/mol. The summed E-state index contributed by atoms with van der Waals surface area (Å²) in [5.74, 6) is 0.535. The lowest BCUT2D eigenvalue weighted by Gasteiger charge is -2.27. The molecular formula is C15H15ClFN3O. The summed E-state index contributed by atoms with van der Waals surface area (Å²) >= 11 is 5.98. The maximum atomic E-state index is 13.9. The Morgan fingerprint density at radius 2 is 2.00 bits per heavy atom. The SMILES string of the molecule is Cc1nc(Cl)c(C=O)c(N(C)C(C)c2ccccc2F)n1. The molecule has 0 spiro atoms. The molecule has 0 fully saturated rings. The number of nitrogens with zero attached hydrogens (tertiary/aromatic N) is 3. The Bertz CT molecular complexity index is 678. The second-order valence-corrected chi connectivity index (χ2v) is 5.08. The van der Waals surface area contributed by atoms with E-state index in [0.717, 1.165) is 0 Å². The predicted molar refractivity (Wildman–Crippen MR) is 80.4 cm³/mol. The fraction of sp³-hybridized carbons (Fsp3) is 0.267. The van der Waals surface area contributed by atoms with Crippen LogP contribution < -0.4 is 4.90 Å². The van der Waals surface area contributed by atoms with Gasteiger partial charge >= 0.3 is 0 Å². The first kappa shape index (κ1) is 15.4. The maximum absolute atomic E-state index is 13.9. The highest BCUT2D eigenvalue weighted by Crippen LogP contribution is 2.29. The molecule has 21 heavy (non-hydrogen) atoms. The summed E-state index contributed by atoms with van der Waals surface area (Å²) in [4.78, 5) is 21.2. The summed E-state index contributed by atoms with van der Waals surface area (Å²) in [7, 11) is 1.74. The normalized spacial score (nSPS) is 12.0. The van der Waals surface area contributed by atoms with E-state index in [9.17, 15) is 9.18 Å². The van der Waals surface area contributed by atoms with Crippen LogP contribution in [0.2, 0.25) is 5.15 Å². The standard InChI is InChI=1S/C15H15ClFN3O/c1-9(11-6-4-5-7-13(11)17)20(3)15-12(8-21)14(16)18-10(2)19-15/h4-9H,1-3H3. The van der Waals surface area contributed by atoms with Crippen LogP contribution in [0.15, 0.2) is 24.3 Å². The van der Waals surface area contributed by atoms with Crippen molar-refractivity contribution in [3.05, 3.63) is 52.2 Å². The molecule has 1 heterocycles. The molecule has 1 aromatic heterocycles. The minimum Gasteiger partial charge on any atom is -0.352 e. The lowest BCUT2D eigenvalue weighted by Crippen LogP contribution is -2.25. The van der Waals surface area contributed by atoms with Crippen molar-refractivity contribution >= 4 is 23.7 Å². The molecule has 2 rings (SSSR count). The second kappa shape index (κ2) is 6.18. The zero-order chi connectivity index (χ0) is 15.6. The number of benzene rings is 1. The van der Waals surface area contributed by atoms with E-state index >= 15 is 0 Å². The van der Waals surface area contributed by atoms with E-state index in [1.54, 1.807) is 37.1 Å². The van der Waals surface area contributed by atoms with Crippen molar-refractivity contribution in [2.75, 3.05) is 11.9 Å². The van der Waals surface area contributed by atoms with Crippen LogP contribution in [0.1, 0.15) is 34.7 Å². The first-order chi connectivity index (χ1) is 9.95. The zero-order valence-electron chi connectivity index (χ0n) is 12.0. The monoisotopic (exact) mass is 307 g/mol.